The number of carbonyl (C=O) groups excluding carboxylic acids is 2. The van der Waals surface area contributed by atoms with E-state index < -0.39 is 11.7 Å². The Hall–Kier alpha value is -4.36. The summed E-state index contributed by atoms with van der Waals surface area (Å²) in [5, 5.41) is 2.81. The number of hydrogen-bond donors (Lipinski definition) is 1. The molecular formula is C30H25ClFN3O3. The Morgan fingerprint density at radius 1 is 0.895 bits per heavy atom. The van der Waals surface area contributed by atoms with Crippen molar-refractivity contribution < 1.29 is 18.4 Å². The monoisotopic (exact) mass is 529 g/mol. The summed E-state index contributed by atoms with van der Waals surface area (Å²) in [7, 11) is 0. The van der Waals surface area contributed by atoms with Crippen molar-refractivity contribution in [1.29, 1.82) is 0 Å². The summed E-state index contributed by atoms with van der Waals surface area (Å²) in [5.41, 5.74) is 3.22. The fourth-order valence-corrected chi connectivity index (χ4v) is 4.42. The van der Waals surface area contributed by atoms with Crippen LogP contribution in [0, 0.1) is 5.82 Å². The Morgan fingerprint density at radius 3 is 2.34 bits per heavy atom. The van der Waals surface area contributed by atoms with Gasteiger partial charge in [0.25, 0.3) is 5.91 Å². The number of amides is 2. The number of halogens is 2. The predicted molar refractivity (Wildman–Crippen MR) is 148 cm³/mol. The SMILES string of the molecule is O=C(Nc1ccc(N2CCN(C(=O)/C=C/c3ccccc3)CC2)cc1)c1ccc(-c2ccc(F)c(Cl)c2)o1. The number of nitrogens with one attached hydrogen (secondary N) is 1. The van der Waals surface area contributed by atoms with Gasteiger partial charge in [-0.05, 0) is 66.2 Å². The predicted octanol–water partition coefficient (Wildman–Crippen LogP) is 6.35. The van der Waals surface area contributed by atoms with E-state index in [1.807, 2.05) is 65.6 Å². The maximum absolute atomic E-state index is 13.4. The molecule has 1 fully saturated rings. The Balaban J connectivity index is 1.14. The lowest BCUT2D eigenvalue weighted by Gasteiger charge is -2.35. The molecule has 0 bridgehead atoms. The minimum absolute atomic E-state index is 0.00942. The van der Waals surface area contributed by atoms with E-state index >= 15 is 0 Å². The second-order valence-electron chi connectivity index (χ2n) is 8.85. The first kappa shape index (κ1) is 25.3. The number of hydrogen-bond acceptors (Lipinski definition) is 4. The Labute approximate surface area is 224 Å². The molecule has 1 aromatic heterocycles. The van der Waals surface area contributed by atoms with Crippen LogP contribution >= 0.6 is 11.6 Å². The normalized spacial score (nSPS) is 13.6. The third-order valence-corrected chi connectivity index (χ3v) is 6.62. The smallest absolute Gasteiger partial charge is 0.291 e. The fraction of sp³-hybridized carbons (Fsp3) is 0.133. The molecule has 8 heteroatoms. The highest BCUT2D eigenvalue weighted by molar-refractivity contribution is 6.31. The van der Waals surface area contributed by atoms with E-state index in [4.69, 9.17) is 16.0 Å². The van der Waals surface area contributed by atoms with Crippen LogP contribution in [0.3, 0.4) is 0 Å². The number of piperazine rings is 1. The highest BCUT2D eigenvalue weighted by Crippen LogP contribution is 2.27. The van der Waals surface area contributed by atoms with Crippen LogP contribution in [0.1, 0.15) is 16.1 Å². The van der Waals surface area contributed by atoms with Crippen LogP contribution in [0.4, 0.5) is 15.8 Å². The number of furan rings is 1. The zero-order chi connectivity index (χ0) is 26.5. The molecular weight excluding hydrogens is 505 g/mol. The summed E-state index contributed by atoms with van der Waals surface area (Å²) < 4.78 is 19.1. The van der Waals surface area contributed by atoms with Gasteiger partial charge >= 0.3 is 0 Å². The van der Waals surface area contributed by atoms with Gasteiger partial charge in [-0.25, -0.2) is 4.39 Å². The van der Waals surface area contributed by atoms with E-state index in [0.717, 1.165) is 24.3 Å². The molecule has 0 aliphatic carbocycles. The second-order valence-corrected chi connectivity index (χ2v) is 9.26. The van der Waals surface area contributed by atoms with Gasteiger partial charge in [0.15, 0.2) is 5.76 Å². The number of nitrogens with zero attached hydrogens (tertiary/aromatic N) is 2. The highest BCUT2D eigenvalue weighted by atomic mass is 35.5. The molecule has 1 aliphatic rings. The molecule has 6 nitrogen and oxygen atoms in total. The average Bonchev–Trinajstić information content (AvgIpc) is 3.45. The summed E-state index contributed by atoms with van der Waals surface area (Å²) in [4.78, 5) is 29.3. The molecule has 0 radical (unpaired) electrons. The lowest BCUT2D eigenvalue weighted by atomic mass is 10.2. The molecule has 0 atom stereocenters. The number of benzene rings is 3. The van der Waals surface area contributed by atoms with Gasteiger partial charge in [-0.15, -0.1) is 0 Å². The molecule has 2 amide bonds. The molecule has 3 aromatic carbocycles. The highest BCUT2D eigenvalue weighted by Gasteiger charge is 2.20. The molecule has 1 N–H and O–H groups in total. The maximum atomic E-state index is 13.4. The first-order valence-corrected chi connectivity index (χ1v) is 12.6. The zero-order valence-electron chi connectivity index (χ0n) is 20.4. The van der Waals surface area contributed by atoms with Crippen LogP contribution < -0.4 is 10.2 Å². The minimum atomic E-state index is -0.519. The lowest BCUT2D eigenvalue weighted by Crippen LogP contribution is -2.48. The molecule has 4 aromatic rings. The summed E-state index contributed by atoms with van der Waals surface area (Å²) in [6.45, 7) is 2.71. The molecule has 2 heterocycles. The summed E-state index contributed by atoms with van der Waals surface area (Å²) in [6, 6.07) is 24.7. The van der Waals surface area contributed by atoms with Crippen LogP contribution in [0.2, 0.25) is 5.02 Å². The average molecular weight is 530 g/mol. The summed E-state index contributed by atoms with van der Waals surface area (Å²) in [6.07, 6.45) is 3.46. The van der Waals surface area contributed by atoms with Gasteiger partial charge in [0.05, 0.1) is 5.02 Å². The Kier molecular flexibility index (Phi) is 7.56. The second kappa shape index (κ2) is 11.4. The van der Waals surface area contributed by atoms with E-state index in [9.17, 15) is 14.0 Å². The minimum Gasteiger partial charge on any atom is -0.451 e. The van der Waals surface area contributed by atoms with Crippen molar-refractivity contribution in [2.75, 3.05) is 36.4 Å². The van der Waals surface area contributed by atoms with Crippen molar-refractivity contribution in [2.45, 2.75) is 0 Å². The number of rotatable bonds is 6. The largest absolute Gasteiger partial charge is 0.451 e. The first-order chi connectivity index (χ1) is 18.5. The topological polar surface area (TPSA) is 65.8 Å². The third-order valence-electron chi connectivity index (χ3n) is 6.33. The van der Waals surface area contributed by atoms with Crippen molar-refractivity contribution in [3.05, 3.63) is 113 Å². The molecule has 0 spiro atoms. The van der Waals surface area contributed by atoms with Crippen LogP contribution in [-0.2, 0) is 4.79 Å². The van der Waals surface area contributed by atoms with Gasteiger partial charge in [0.2, 0.25) is 5.91 Å². The van der Waals surface area contributed by atoms with Gasteiger partial charge < -0.3 is 19.5 Å². The third kappa shape index (κ3) is 5.95. The standard InChI is InChI=1S/C30H25ClFN3O3/c31-25-20-22(7-12-26(25)32)27-13-14-28(38-27)30(37)33-23-8-10-24(11-9-23)34-16-18-35(19-17-34)29(36)15-6-21-4-2-1-3-5-21/h1-15,20H,16-19H2,(H,33,37)/b15-6+. The van der Waals surface area contributed by atoms with Crippen molar-refractivity contribution in [3.63, 3.8) is 0 Å². The van der Waals surface area contributed by atoms with Gasteiger partial charge in [0, 0.05) is 49.2 Å². The van der Waals surface area contributed by atoms with E-state index in [2.05, 4.69) is 10.2 Å². The maximum Gasteiger partial charge on any atom is 0.291 e. The number of anilines is 2. The van der Waals surface area contributed by atoms with E-state index in [0.29, 0.717) is 30.1 Å². The van der Waals surface area contributed by atoms with Gasteiger partial charge in [-0.2, -0.15) is 0 Å². The van der Waals surface area contributed by atoms with Crippen LogP contribution in [0.15, 0.2) is 95.4 Å². The molecule has 1 aliphatic heterocycles. The molecule has 192 valence electrons. The lowest BCUT2D eigenvalue weighted by molar-refractivity contribution is -0.126. The first-order valence-electron chi connectivity index (χ1n) is 12.2. The van der Waals surface area contributed by atoms with Crippen LogP contribution in [-0.4, -0.2) is 42.9 Å². The quantitative estimate of drug-likeness (QED) is 0.295. The molecule has 0 unspecified atom stereocenters. The van der Waals surface area contributed by atoms with Crippen LogP contribution in [0.25, 0.3) is 17.4 Å². The molecule has 5 rings (SSSR count). The molecule has 1 saturated heterocycles. The van der Waals surface area contributed by atoms with Gasteiger partial charge in [0.1, 0.15) is 11.6 Å². The molecule has 0 saturated carbocycles. The van der Waals surface area contributed by atoms with Crippen molar-refractivity contribution >= 4 is 40.9 Å². The Morgan fingerprint density at radius 2 is 1.63 bits per heavy atom. The van der Waals surface area contributed by atoms with Gasteiger partial charge in [-0.3, -0.25) is 9.59 Å². The fourth-order valence-electron chi connectivity index (χ4n) is 4.23. The van der Waals surface area contributed by atoms with Crippen molar-refractivity contribution in [1.82, 2.24) is 4.90 Å². The number of carbonyl (C=O) groups is 2. The summed E-state index contributed by atoms with van der Waals surface area (Å²) in [5.74, 6) is -0.356. The molecule has 38 heavy (non-hydrogen) atoms. The van der Waals surface area contributed by atoms with E-state index in [-0.39, 0.29) is 16.7 Å². The zero-order valence-corrected chi connectivity index (χ0v) is 21.2. The Bertz CT molecular complexity index is 1460. The van der Waals surface area contributed by atoms with E-state index in [1.54, 1.807) is 18.2 Å². The van der Waals surface area contributed by atoms with E-state index in [1.165, 1.54) is 18.2 Å². The van der Waals surface area contributed by atoms with Crippen LogP contribution in [0.5, 0.6) is 0 Å². The van der Waals surface area contributed by atoms with Gasteiger partial charge in [-0.1, -0.05) is 41.9 Å². The summed E-state index contributed by atoms with van der Waals surface area (Å²) >= 11 is 5.84. The van der Waals surface area contributed by atoms with Crippen molar-refractivity contribution in [2.24, 2.45) is 0 Å². The van der Waals surface area contributed by atoms with Crippen molar-refractivity contribution in [3.8, 4) is 11.3 Å².